The molecule has 0 aliphatic carbocycles. The number of nitro groups is 1. The van der Waals surface area contributed by atoms with Crippen LogP contribution < -0.4 is 5.56 Å². The van der Waals surface area contributed by atoms with E-state index in [9.17, 15) is 19.3 Å². The summed E-state index contributed by atoms with van der Waals surface area (Å²) in [5.41, 5.74) is -0.621. The van der Waals surface area contributed by atoms with E-state index in [2.05, 4.69) is 4.98 Å². The Kier molecular flexibility index (Phi) is 4.33. The smallest absolute Gasteiger partial charge is 0.274 e. The molecule has 0 radical (unpaired) electrons. The minimum Gasteiger partial charge on any atom is -0.294 e. The van der Waals surface area contributed by atoms with Crippen LogP contribution in [0.1, 0.15) is 5.56 Å². The Labute approximate surface area is 130 Å². The van der Waals surface area contributed by atoms with Gasteiger partial charge in [0.05, 0.1) is 23.4 Å². The Morgan fingerprint density at radius 3 is 2.85 bits per heavy atom. The van der Waals surface area contributed by atoms with Gasteiger partial charge in [0.25, 0.3) is 11.2 Å². The van der Waals surface area contributed by atoms with E-state index in [-0.39, 0.29) is 26.5 Å². The highest BCUT2D eigenvalue weighted by molar-refractivity contribution is 14.1. The zero-order valence-electron chi connectivity index (χ0n) is 9.72. The molecule has 6 nitrogen and oxygen atoms in total. The Balaban J connectivity index is 2.50. The number of nitro benzene ring substituents is 1. The van der Waals surface area contributed by atoms with E-state index in [0.717, 1.165) is 22.8 Å². The normalized spacial score (nSPS) is 10.6. The summed E-state index contributed by atoms with van der Waals surface area (Å²) in [7, 11) is 0. The zero-order chi connectivity index (χ0) is 14.9. The first-order valence-electron chi connectivity index (χ1n) is 5.23. The van der Waals surface area contributed by atoms with E-state index in [0.29, 0.717) is 0 Å². The average Bonchev–Trinajstić information content (AvgIpc) is 2.39. The van der Waals surface area contributed by atoms with Crippen molar-refractivity contribution in [2.45, 2.75) is 6.54 Å². The molecule has 0 N–H and O–H groups in total. The third kappa shape index (κ3) is 2.96. The van der Waals surface area contributed by atoms with Gasteiger partial charge in [-0.05, 0) is 34.7 Å². The summed E-state index contributed by atoms with van der Waals surface area (Å²) < 4.78 is 14.5. The van der Waals surface area contributed by atoms with Crippen LogP contribution in [0.3, 0.4) is 0 Å². The second kappa shape index (κ2) is 5.83. The summed E-state index contributed by atoms with van der Waals surface area (Å²) >= 11 is 7.43. The summed E-state index contributed by atoms with van der Waals surface area (Å²) in [6.45, 7) is -0.160. The van der Waals surface area contributed by atoms with E-state index in [1.165, 1.54) is 6.33 Å². The molecule has 0 unspecified atom stereocenters. The largest absolute Gasteiger partial charge is 0.294 e. The molecule has 104 valence electrons. The fourth-order valence-corrected chi connectivity index (χ4v) is 2.17. The number of rotatable bonds is 3. The van der Waals surface area contributed by atoms with Crippen LogP contribution in [0.25, 0.3) is 0 Å². The van der Waals surface area contributed by atoms with Gasteiger partial charge in [0, 0.05) is 6.07 Å². The minimum atomic E-state index is -0.631. The van der Waals surface area contributed by atoms with Crippen molar-refractivity contribution in [2.75, 3.05) is 0 Å². The average molecular weight is 410 g/mol. The predicted octanol–water partition coefficient (Wildman–Crippen LogP) is 2.60. The molecular weight excluding hydrogens is 403 g/mol. The van der Waals surface area contributed by atoms with Crippen molar-refractivity contribution >= 4 is 39.9 Å². The first kappa shape index (κ1) is 14.9. The Hall–Kier alpha value is -1.55. The van der Waals surface area contributed by atoms with E-state index in [4.69, 9.17) is 11.6 Å². The first-order chi connectivity index (χ1) is 9.40. The highest BCUT2D eigenvalue weighted by Gasteiger charge is 2.16. The lowest BCUT2D eigenvalue weighted by molar-refractivity contribution is -0.385. The fraction of sp³-hybridized carbons (Fsp3) is 0.0909. The second-order valence-corrected chi connectivity index (χ2v) is 5.25. The van der Waals surface area contributed by atoms with Crippen LogP contribution in [0.15, 0.2) is 29.3 Å². The Bertz CT molecular complexity index is 750. The lowest BCUT2D eigenvalue weighted by atomic mass is 10.1. The monoisotopic (exact) mass is 409 g/mol. The predicted molar refractivity (Wildman–Crippen MR) is 78.4 cm³/mol. The van der Waals surface area contributed by atoms with Crippen LogP contribution in [0, 0.1) is 19.5 Å². The van der Waals surface area contributed by atoms with Crippen LogP contribution in [-0.4, -0.2) is 14.5 Å². The molecule has 0 saturated carbocycles. The zero-order valence-corrected chi connectivity index (χ0v) is 12.6. The van der Waals surface area contributed by atoms with E-state index in [1.54, 1.807) is 22.6 Å². The molecule has 0 aliphatic heterocycles. The van der Waals surface area contributed by atoms with Gasteiger partial charge in [-0.25, -0.2) is 9.37 Å². The fourth-order valence-electron chi connectivity index (χ4n) is 1.60. The van der Waals surface area contributed by atoms with E-state index >= 15 is 0 Å². The molecule has 0 fully saturated rings. The van der Waals surface area contributed by atoms with Crippen LogP contribution in [0.4, 0.5) is 10.1 Å². The van der Waals surface area contributed by atoms with Crippen LogP contribution in [0.5, 0.6) is 0 Å². The molecule has 0 amide bonds. The highest BCUT2D eigenvalue weighted by atomic mass is 127. The van der Waals surface area contributed by atoms with Crippen molar-refractivity contribution in [3.05, 3.63) is 65.1 Å². The third-order valence-electron chi connectivity index (χ3n) is 2.52. The van der Waals surface area contributed by atoms with Crippen molar-refractivity contribution < 1.29 is 9.31 Å². The first-order valence-corrected chi connectivity index (χ1v) is 6.69. The number of hydrogen-bond acceptors (Lipinski definition) is 4. The van der Waals surface area contributed by atoms with E-state index in [1.807, 2.05) is 0 Å². The second-order valence-electron chi connectivity index (χ2n) is 3.81. The number of nitrogens with zero attached hydrogens (tertiary/aromatic N) is 3. The highest BCUT2D eigenvalue weighted by Crippen LogP contribution is 2.20. The van der Waals surface area contributed by atoms with Gasteiger partial charge >= 0.3 is 0 Å². The van der Waals surface area contributed by atoms with Gasteiger partial charge in [0.2, 0.25) is 0 Å². The number of halogens is 3. The lowest BCUT2D eigenvalue weighted by Gasteiger charge is -2.07. The maximum Gasteiger partial charge on any atom is 0.274 e. The molecule has 0 atom stereocenters. The molecule has 1 heterocycles. The van der Waals surface area contributed by atoms with Gasteiger partial charge in [-0.3, -0.25) is 19.5 Å². The van der Waals surface area contributed by atoms with Crippen LogP contribution in [0.2, 0.25) is 5.15 Å². The molecule has 0 aliphatic rings. The van der Waals surface area contributed by atoms with Crippen molar-refractivity contribution in [1.82, 2.24) is 9.55 Å². The standard InChI is InChI=1S/C11H6ClFIN3O3/c12-10-9(14)11(18)16(5-15-10)4-6-3-7(13)1-2-8(6)17(19)20/h1-3,5H,4H2. The quantitative estimate of drug-likeness (QED) is 0.338. The number of hydrogen-bond donors (Lipinski definition) is 0. The number of benzene rings is 1. The van der Waals surface area contributed by atoms with Crippen LogP contribution >= 0.6 is 34.2 Å². The lowest BCUT2D eigenvalue weighted by Crippen LogP contribution is -2.24. The molecule has 1 aromatic carbocycles. The summed E-state index contributed by atoms with van der Waals surface area (Å²) in [6.07, 6.45) is 1.17. The summed E-state index contributed by atoms with van der Waals surface area (Å²) in [6, 6.07) is 3.07. The van der Waals surface area contributed by atoms with Crippen LogP contribution in [-0.2, 0) is 6.54 Å². The van der Waals surface area contributed by atoms with Gasteiger partial charge < -0.3 is 0 Å². The molecule has 0 saturated heterocycles. The number of aromatic nitrogens is 2. The van der Waals surface area contributed by atoms with Gasteiger partial charge in [-0.2, -0.15) is 0 Å². The maximum absolute atomic E-state index is 13.2. The minimum absolute atomic E-state index is 0.0561. The van der Waals surface area contributed by atoms with Crippen molar-refractivity contribution in [1.29, 1.82) is 0 Å². The molecule has 20 heavy (non-hydrogen) atoms. The van der Waals surface area contributed by atoms with Gasteiger partial charge in [-0.1, -0.05) is 11.6 Å². The van der Waals surface area contributed by atoms with Gasteiger partial charge in [0.1, 0.15) is 14.5 Å². The molecule has 2 aromatic rings. The SMILES string of the molecule is O=c1c(I)c(Cl)ncn1Cc1cc(F)ccc1[N+](=O)[O-]. The van der Waals surface area contributed by atoms with Gasteiger partial charge in [-0.15, -0.1) is 0 Å². The maximum atomic E-state index is 13.2. The molecule has 2 rings (SSSR count). The summed E-state index contributed by atoms with van der Waals surface area (Å²) in [5, 5.41) is 10.9. The molecule has 0 spiro atoms. The summed E-state index contributed by atoms with van der Waals surface area (Å²) in [5.74, 6) is -0.615. The third-order valence-corrected chi connectivity index (χ3v) is 4.10. The van der Waals surface area contributed by atoms with Crippen molar-refractivity contribution in [3.8, 4) is 0 Å². The van der Waals surface area contributed by atoms with Crippen molar-refractivity contribution in [2.24, 2.45) is 0 Å². The molecular formula is C11H6ClFIN3O3. The molecule has 1 aromatic heterocycles. The Morgan fingerprint density at radius 2 is 2.20 bits per heavy atom. The Morgan fingerprint density at radius 1 is 1.50 bits per heavy atom. The van der Waals surface area contributed by atoms with E-state index < -0.39 is 16.3 Å². The van der Waals surface area contributed by atoms with Crippen molar-refractivity contribution in [3.63, 3.8) is 0 Å². The summed E-state index contributed by atoms with van der Waals surface area (Å²) in [4.78, 5) is 26.0. The van der Waals surface area contributed by atoms with Gasteiger partial charge in [0.15, 0.2) is 0 Å². The molecule has 9 heteroatoms. The molecule has 0 bridgehead atoms. The topological polar surface area (TPSA) is 78.0 Å².